The minimum absolute atomic E-state index is 0.597. The fourth-order valence-electron chi connectivity index (χ4n) is 2.58. The molecular weight excluding hydrogens is 242 g/mol. The molecule has 1 aliphatic carbocycles. The Morgan fingerprint density at radius 3 is 2.78 bits per heavy atom. The summed E-state index contributed by atoms with van der Waals surface area (Å²) in [5.74, 6) is 0.825. The van der Waals surface area contributed by atoms with Crippen molar-refractivity contribution in [3.8, 4) is 0 Å². The molecule has 2 rings (SSSR count). The summed E-state index contributed by atoms with van der Waals surface area (Å²) in [5, 5.41) is 3.57. The van der Waals surface area contributed by atoms with Crippen LogP contribution < -0.4 is 5.32 Å². The molecule has 2 unspecified atom stereocenters. The first-order valence-electron chi connectivity index (χ1n) is 6.90. The van der Waals surface area contributed by atoms with Crippen LogP contribution in [0.1, 0.15) is 37.3 Å². The van der Waals surface area contributed by atoms with Gasteiger partial charge >= 0.3 is 0 Å². The highest BCUT2D eigenvalue weighted by molar-refractivity contribution is 7.09. The molecule has 1 saturated carbocycles. The molecule has 2 atom stereocenters. The molecule has 1 fully saturated rings. The van der Waals surface area contributed by atoms with Crippen molar-refractivity contribution in [1.29, 1.82) is 0 Å². The van der Waals surface area contributed by atoms with Gasteiger partial charge in [0.05, 0.1) is 11.2 Å². The number of nitrogens with zero attached hydrogens (tertiary/aromatic N) is 2. The van der Waals surface area contributed by atoms with E-state index >= 15 is 0 Å². The van der Waals surface area contributed by atoms with Crippen molar-refractivity contribution in [2.45, 2.75) is 52.2 Å². The molecule has 102 valence electrons. The maximum Gasteiger partial charge on any atom is 0.0798 e. The second-order valence-electron chi connectivity index (χ2n) is 5.74. The fourth-order valence-corrected chi connectivity index (χ4v) is 3.42. The van der Waals surface area contributed by atoms with Crippen LogP contribution in [0.25, 0.3) is 0 Å². The van der Waals surface area contributed by atoms with E-state index in [4.69, 9.17) is 0 Å². The van der Waals surface area contributed by atoms with Crippen LogP contribution in [0.15, 0.2) is 5.51 Å². The number of hydrogen-bond acceptors (Lipinski definition) is 4. The molecule has 1 heterocycles. The molecular formula is C14H25N3S. The lowest BCUT2D eigenvalue weighted by Gasteiger charge is -2.43. The monoisotopic (exact) mass is 267 g/mol. The van der Waals surface area contributed by atoms with Gasteiger partial charge in [0.1, 0.15) is 0 Å². The predicted octanol–water partition coefficient (Wildman–Crippen LogP) is 2.66. The molecule has 4 heteroatoms. The first kappa shape index (κ1) is 14.0. The summed E-state index contributed by atoms with van der Waals surface area (Å²) in [5.41, 5.74) is 3.15. The van der Waals surface area contributed by atoms with E-state index in [0.29, 0.717) is 6.04 Å². The Labute approximate surface area is 115 Å². The first-order chi connectivity index (χ1) is 8.58. The van der Waals surface area contributed by atoms with E-state index in [1.807, 2.05) is 5.51 Å². The molecule has 1 aromatic rings. The van der Waals surface area contributed by atoms with Crippen LogP contribution in [-0.4, -0.2) is 35.6 Å². The topological polar surface area (TPSA) is 28.2 Å². The summed E-state index contributed by atoms with van der Waals surface area (Å²) in [7, 11) is 2.26. The van der Waals surface area contributed by atoms with Crippen LogP contribution in [0.4, 0.5) is 0 Å². The fraction of sp³-hybridized carbons (Fsp3) is 0.786. The SMILES string of the molecule is Cc1ncsc1CN(C)C1CCC1CNC(C)C. The average Bonchev–Trinajstić information content (AvgIpc) is 2.62. The molecule has 0 radical (unpaired) electrons. The van der Waals surface area contributed by atoms with Gasteiger partial charge in [-0.1, -0.05) is 13.8 Å². The molecule has 18 heavy (non-hydrogen) atoms. The third kappa shape index (κ3) is 3.31. The summed E-state index contributed by atoms with van der Waals surface area (Å²) in [6.45, 7) is 8.77. The zero-order valence-electron chi connectivity index (χ0n) is 11.9. The maximum absolute atomic E-state index is 4.33. The van der Waals surface area contributed by atoms with Gasteiger partial charge in [0.2, 0.25) is 0 Å². The summed E-state index contributed by atoms with van der Waals surface area (Å²) < 4.78 is 0. The van der Waals surface area contributed by atoms with E-state index in [9.17, 15) is 0 Å². The zero-order valence-corrected chi connectivity index (χ0v) is 12.8. The van der Waals surface area contributed by atoms with Gasteiger partial charge in [0, 0.05) is 23.5 Å². The quantitative estimate of drug-likeness (QED) is 0.859. The molecule has 1 N–H and O–H groups in total. The molecule has 0 aromatic carbocycles. The van der Waals surface area contributed by atoms with E-state index in [1.165, 1.54) is 23.4 Å². The maximum atomic E-state index is 4.33. The van der Waals surface area contributed by atoms with Crippen LogP contribution in [0.2, 0.25) is 0 Å². The van der Waals surface area contributed by atoms with Crippen molar-refractivity contribution >= 4 is 11.3 Å². The Morgan fingerprint density at radius 2 is 2.28 bits per heavy atom. The molecule has 1 aliphatic rings. The lowest BCUT2D eigenvalue weighted by Crippen LogP contribution is -2.49. The van der Waals surface area contributed by atoms with Crippen LogP contribution in [0.3, 0.4) is 0 Å². The Balaban J connectivity index is 1.82. The van der Waals surface area contributed by atoms with Gasteiger partial charge in [-0.25, -0.2) is 4.98 Å². The normalized spacial score (nSPS) is 23.7. The number of aryl methyl sites for hydroxylation is 1. The molecule has 0 saturated heterocycles. The summed E-state index contributed by atoms with van der Waals surface area (Å²) in [6, 6.07) is 1.35. The van der Waals surface area contributed by atoms with E-state index in [2.05, 4.69) is 43.0 Å². The van der Waals surface area contributed by atoms with Gasteiger partial charge in [0.25, 0.3) is 0 Å². The summed E-state index contributed by atoms with van der Waals surface area (Å²) >= 11 is 1.78. The van der Waals surface area contributed by atoms with Gasteiger partial charge in [-0.2, -0.15) is 0 Å². The van der Waals surface area contributed by atoms with Crippen molar-refractivity contribution in [2.24, 2.45) is 5.92 Å². The highest BCUT2D eigenvalue weighted by Crippen LogP contribution is 2.32. The first-order valence-corrected chi connectivity index (χ1v) is 7.78. The smallest absolute Gasteiger partial charge is 0.0798 e. The number of aromatic nitrogens is 1. The summed E-state index contributed by atoms with van der Waals surface area (Å²) in [6.07, 6.45) is 2.72. The lowest BCUT2D eigenvalue weighted by atomic mass is 9.78. The van der Waals surface area contributed by atoms with E-state index in [0.717, 1.165) is 25.0 Å². The van der Waals surface area contributed by atoms with Gasteiger partial charge in [-0.05, 0) is 39.3 Å². The molecule has 0 spiro atoms. The Hall–Kier alpha value is -0.450. The van der Waals surface area contributed by atoms with Crippen LogP contribution in [0.5, 0.6) is 0 Å². The third-order valence-electron chi connectivity index (χ3n) is 3.97. The minimum atomic E-state index is 0.597. The number of thiazole rings is 1. The largest absolute Gasteiger partial charge is 0.314 e. The number of nitrogens with one attached hydrogen (secondary N) is 1. The number of hydrogen-bond donors (Lipinski definition) is 1. The van der Waals surface area contributed by atoms with Gasteiger partial charge < -0.3 is 5.32 Å². The highest BCUT2D eigenvalue weighted by Gasteiger charge is 2.33. The third-order valence-corrected chi connectivity index (χ3v) is 4.89. The standard InChI is InChI=1S/C14H25N3S/c1-10(2)15-7-12-5-6-13(12)17(4)8-14-11(3)16-9-18-14/h9-10,12-13,15H,5-8H2,1-4H3. The second-order valence-corrected chi connectivity index (χ2v) is 6.68. The molecule has 1 aromatic heterocycles. The molecule has 0 amide bonds. The minimum Gasteiger partial charge on any atom is -0.314 e. The molecule has 0 bridgehead atoms. The zero-order chi connectivity index (χ0) is 13.1. The van der Waals surface area contributed by atoms with Crippen molar-refractivity contribution in [2.75, 3.05) is 13.6 Å². The van der Waals surface area contributed by atoms with E-state index in [1.54, 1.807) is 11.3 Å². The van der Waals surface area contributed by atoms with Crippen molar-refractivity contribution in [1.82, 2.24) is 15.2 Å². The van der Waals surface area contributed by atoms with E-state index in [-0.39, 0.29) is 0 Å². The Morgan fingerprint density at radius 1 is 1.50 bits per heavy atom. The second kappa shape index (κ2) is 6.13. The van der Waals surface area contributed by atoms with Gasteiger partial charge in [-0.15, -0.1) is 11.3 Å². The van der Waals surface area contributed by atoms with Gasteiger partial charge in [-0.3, -0.25) is 4.90 Å². The van der Waals surface area contributed by atoms with Crippen molar-refractivity contribution < 1.29 is 0 Å². The summed E-state index contributed by atoms with van der Waals surface area (Å²) in [4.78, 5) is 8.26. The van der Waals surface area contributed by atoms with Crippen LogP contribution in [-0.2, 0) is 6.54 Å². The van der Waals surface area contributed by atoms with Crippen molar-refractivity contribution in [3.63, 3.8) is 0 Å². The lowest BCUT2D eigenvalue weighted by molar-refractivity contribution is 0.0774. The van der Waals surface area contributed by atoms with Gasteiger partial charge in [0.15, 0.2) is 0 Å². The van der Waals surface area contributed by atoms with E-state index < -0.39 is 0 Å². The van der Waals surface area contributed by atoms with Crippen LogP contribution >= 0.6 is 11.3 Å². The predicted molar refractivity (Wildman–Crippen MR) is 78.0 cm³/mol. The average molecular weight is 267 g/mol. The highest BCUT2D eigenvalue weighted by atomic mass is 32.1. The number of rotatable bonds is 6. The van der Waals surface area contributed by atoms with Crippen LogP contribution in [0, 0.1) is 12.8 Å². The Bertz CT molecular complexity index is 375. The Kier molecular flexibility index (Phi) is 4.76. The van der Waals surface area contributed by atoms with Crippen molar-refractivity contribution in [3.05, 3.63) is 16.1 Å². The molecule has 0 aliphatic heterocycles. The molecule has 3 nitrogen and oxygen atoms in total.